The molecule has 1 saturated heterocycles. The summed E-state index contributed by atoms with van der Waals surface area (Å²) in [7, 11) is -2.14. The minimum atomic E-state index is -1.81. The van der Waals surface area contributed by atoms with Crippen LogP contribution < -0.4 is 5.46 Å². The van der Waals surface area contributed by atoms with Crippen LogP contribution in [0, 0.1) is 0 Å². The minimum Gasteiger partial charge on any atom is -0.415 e. The summed E-state index contributed by atoms with van der Waals surface area (Å²) in [5.41, 5.74) is 1.67. The summed E-state index contributed by atoms with van der Waals surface area (Å²) in [6.45, 7) is 24.1. The molecule has 6 nitrogen and oxygen atoms in total. The van der Waals surface area contributed by atoms with Gasteiger partial charge in [0.25, 0.3) is 0 Å². The zero-order chi connectivity index (χ0) is 27.8. The van der Waals surface area contributed by atoms with Gasteiger partial charge in [-0.25, -0.2) is 0 Å². The molecular weight excluding hydrogens is 509 g/mol. The normalized spacial score (nSPS) is 26.2. The fraction of sp³-hybridized carbons (Fsp3) is 0.724. The van der Waals surface area contributed by atoms with Gasteiger partial charge in [0.2, 0.25) is 0 Å². The molecule has 0 bridgehead atoms. The molecule has 3 aliphatic rings. The lowest BCUT2D eigenvalue weighted by Crippen LogP contribution is -2.45. The van der Waals surface area contributed by atoms with Crippen LogP contribution >= 0.6 is 11.8 Å². The Morgan fingerprint density at radius 3 is 2.16 bits per heavy atom. The molecule has 1 saturated carbocycles. The van der Waals surface area contributed by atoms with Crippen molar-refractivity contribution in [3.63, 3.8) is 0 Å². The van der Waals surface area contributed by atoms with E-state index in [2.05, 4.69) is 97.3 Å². The minimum absolute atomic E-state index is 0.00920. The predicted octanol–water partition coefficient (Wildman–Crippen LogP) is 5.73. The van der Waals surface area contributed by atoms with Gasteiger partial charge in [0.05, 0.1) is 16.6 Å². The molecule has 1 aliphatic carbocycles. The first-order valence-electron chi connectivity index (χ1n) is 14.2. The van der Waals surface area contributed by atoms with Gasteiger partial charge in [-0.15, -0.1) is 10.2 Å². The van der Waals surface area contributed by atoms with E-state index >= 15 is 0 Å². The van der Waals surface area contributed by atoms with Crippen molar-refractivity contribution >= 4 is 32.7 Å². The molecule has 1 aromatic heterocycles. The monoisotopic (exact) mass is 555 g/mol. The van der Waals surface area contributed by atoms with E-state index in [1.165, 1.54) is 5.56 Å². The third kappa shape index (κ3) is 4.95. The Bertz CT molecular complexity index is 1170. The molecule has 0 radical (unpaired) electrons. The predicted molar refractivity (Wildman–Crippen MR) is 160 cm³/mol. The van der Waals surface area contributed by atoms with Crippen molar-refractivity contribution in [2.45, 2.75) is 121 Å². The van der Waals surface area contributed by atoms with E-state index in [0.717, 1.165) is 55.3 Å². The van der Waals surface area contributed by atoms with Crippen molar-refractivity contribution < 1.29 is 13.7 Å². The molecule has 2 fully saturated rings. The Labute approximate surface area is 235 Å². The second-order valence-corrected chi connectivity index (χ2v) is 20.9. The molecule has 3 heterocycles. The number of nitrogens with zero attached hydrogens (tertiary/aromatic N) is 3. The van der Waals surface area contributed by atoms with Gasteiger partial charge in [-0.3, -0.25) is 0 Å². The first kappa shape index (κ1) is 28.4. The molecule has 2 aromatic rings. The largest absolute Gasteiger partial charge is 0.494 e. The lowest BCUT2D eigenvalue weighted by molar-refractivity contribution is 0.00578. The molecule has 0 unspecified atom stereocenters. The Morgan fingerprint density at radius 1 is 1.00 bits per heavy atom. The summed E-state index contributed by atoms with van der Waals surface area (Å²) in [6.07, 6.45) is 3.11. The van der Waals surface area contributed by atoms with Crippen LogP contribution in [0.2, 0.25) is 18.1 Å². The van der Waals surface area contributed by atoms with Gasteiger partial charge in [-0.2, -0.15) is 11.8 Å². The molecule has 1 aromatic carbocycles. The molecule has 0 amide bonds. The van der Waals surface area contributed by atoms with Crippen LogP contribution in [-0.2, 0) is 32.1 Å². The van der Waals surface area contributed by atoms with Gasteiger partial charge in [0.15, 0.2) is 8.32 Å². The Balaban J connectivity index is 1.34. The molecule has 208 valence electrons. The highest BCUT2D eigenvalue weighted by molar-refractivity contribution is 8.00. The zero-order valence-electron chi connectivity index (χ0n) is 25.1. The highest BCUT2D eigenvalue weighted by atomic mass is 32.2. The van der Waals surface area contributed by atoms with Gasteiger partial charge in [0, 0.05) is 30.1 Å². The van der Waals surface area contributed by atoms with Crippen molar-refractivity contribution in [2.75, 3.05) is 12.4 Å². The number of aromatic nitrogens is 3. The molecule has 0 spiro atoms. The van der Waals surface area contributed by atoms with Crippen molar-refractivity contribution in [3.8, 4) is 0 Å². The van der Waals surface area contributed by atoms with E-state index in [1.807, 2.05) is 11.8 Å². The van der Waals surface area contributed by atoms with Crippen LogP contribution in [0.15, 0.2) is 24.3 Å². The van der Waals surface area contributed by atoms with Gasteiger partial charge < -0.3 is 18.3 Å². The van der Waals surface area contributed by atoms with E-state index < -0.39 is 8.32 Å². The van der Waals surface area contributed by atoms with Crippen LogP contribution in [0.5, 0.6) is 0 Å². The number of thioether (sulfide) groups is 1. The van der Waals surface area contributed by atoms with Crippen LogP contribution in [0.1, 0.15) is 85.4 Å². The maximum atomic E-state index is 6.68. The molecular formula is C29H46BN3O3SSi. The van der Waals surface area contributed by atoms with Crippen LogP contribution in [0.3, 0.4) is 0 Å². The van der Waals surface area contributed by atoms with Gasteiger partial charge in [-0.05, 0) is 76.6 Å². The molecule has 1 atom stereocenters. The fourth-order valence-corrected chi connectivity index (χ4v) is 7.53. The molecule has 9 heteroatoms. The highest BCUT2D eigenvalue weighted by Crippen LogP contribution is 2.53. The lowest BCUT2D eigenvalue weighted by atomic mass is 9.78. The summed E-state index contributed by atoms with van der Waals surface area (Å²) >= 11 is 2.03. The average Bonchev–Trinajstić information content (AvgIpc) is 3.51. The fourth-order valence-electron chi connectivity index (χ4n) is 5.17. The number of hydrogen-bond acceptors (Lipinski definition) is 6. The summed E-state index contributed by atoms with van der Waals surface area (Å²) in [4.78, 5) is 0. The SMILES string of the molecule is CC1(C)OB(c2ccc(C3(c4nnc5n4CCS[C@@](C)(CO[Si](C)(C)C(C)(C)C)C5)CC3)cc2)OC1(C)C. The zero-order valence-corrected chi connectivity index (χ0v) is 26.9. The molecule has 5 rings (SSSR count). The van der Waals surface area contributed by atoms with Gasteiger partial charge in [0.1, 0.15) is 11.6 Å². The molecule has 2 aliphatic heterocycles. The first-order chi connectivity index (χ1) is 17.5. The topological polar surface area (TPSA) is 58.4 Å². The van der Waals surface area contributed by atoms with Crippen molar-refractivity contribution in [1.82, 2.24) is 14.8 Å². The number of hydrogen-bond donors (Lipinski definition) is 0. The van der Waals surface area contributed by atoms with E-state index in [1.54, 1.807) is 0 Å². The van der Waals surface area contributed by atoms with Crippen molar-refractivity contribution in [1.29, 1.82) is 0 Å². The number of rotatable bonds is 6. The third-order valence-electron chi connectivity index (χ3n) is 9.84. The highest BCUT2D eigenvalue weighted by Gasteiger charge is 2.53. The van der Waals surface area contributed by atoms with Crippen molar-refractivity contribution in [2.24, 2.45) is 0 Å². The van der Waals surface area contributed by atoms with Crippen LogP contribution in [-0.4, -0.2) is 58.5 Å². The van der Waals surface area contributed by atoms with Crippen molar-refractivity contribution in [3.05, 3.63) is 41.5 Å². The smallest absolute Gasteiger partial charge is 0.415 e. The number of fused-ring (bicyclic) bond motifs is 1. The molecule has 0 N–H and O–H groups in total. The average molecular weight is 556 g/mol. The summed E-state index contributed by atoms with van der Waals surface area (Å²) in [5.74, 6) is 3.28. The Morgan fingerprint density at radius 2 is 1.61 bits per heavy atom. The summed E-state index contributed by atoms with van der Waals surface area (Å²) in [5, 5.41) is 9.80. The van der Waals surface area contributed by atoms with E-state index in [0.29, 0.717) is 0 Å². The number of benzene rings is 1. The van der Waals surface area contributed by atoms with Gasteiger partial charge in [-0.1, -0.05) is 45.0 Å². The second-order valence-electron chi connectivity index (χ2n) is 14.4. The maximum absolute atomic E-state index is 6.68. The third-order valence-corrected chi connectivity index (χ3v) is 15.7. The Kier molecular flexibility index (Phi) is 6.87. The van der Waals surface area contributed by atoms with E-state index in [4.69, 9.17) is 23.9 Å². The first-order valence-corrected chi connectivity index (χ1v) is 18.0. The second kappa shape index (κ2) is 9.20. The van der Waals surface area contributed by atoms with Gasteiger partial charge >= 0.3 is 7.12 Å². The summed E-state index contributed by atoms with van der Waals surface area (Å²) < 4.78 is 21.7. The van der Waals surface area contributed by atoms with Crippen LogP contribution in [0.25, 0.3) is 0 Å². The van der Waals surface area contributed by atoms with E-state index in [-0.39, 0.29) is 33.5 Å². The van der Waals surface area contributed by atoms with E-state index in [9.17, 15) is 0 Å². The summed E-state index contributed by atoms with van der Waals surface area (Å²) in [6, 6.07) is 8.83. The lowest BCUT2D eigenvalue weighted by Gasteiger charge is -2.39. The molecule has 38 heavy (non-hydrogen) atoms. The quantitative estimate of drug-likeness (QED) is 0.425. The maximum Gasteiger partial charge on any atom is 0.494 e. The Hall–Kier alpha value is -1.13. The van der Waals surface area contributed by atoms with Crippen LogP contribution in [0.4, 0.5) is 0 Å². The standard InChI is InChI=1S/C29H46BN3O3SSi/c1-25(2,3)38(9,10)34-20-28(8)19-23-31-32-24(33(23)17-18-37-28)29(15-16-29)21-11-13-22(14-12-21)30-35-26(4,5)27(6,7)36-30/h11-14H,15-20H2,1-10H3/t28-/m1/s1.